The first-order valence-corrected chi connectivity index (χ1v) is 14.4. The minimum Gasteiger partial charge on any atom is -0.340 e. The van der Waals surface area contributed by atoms with Crippen molar-refractivity contribution in [1.29, 1.82) is 0 Å². The van der Waals surface area contributed by atoms with E-state index in [2.05, 4.69) is 15.4 Å². The summed E-state index contributed by atoms with van der Waals surface area (Å²) in [5.74, 6) is -1.38. The van der Waals surface area contributed by atoms with Gasteiger partial charge in [-0.2, -0.15) is 18.0 Å². The fourth-order valence-electron chi connectivity index (χ4n) is 4.04. The zero-order valence-electron chi connectivity index (χ0n) is 20.3. The molecule has 210 valence electrons. The molecular weight excluding hydrogens is 568 g/mol. The number of hydrogen-bond donors (Lipinski definition) is 1. The summed E-state index contributed by atoms with van der Waals surface area (Å²) in [7, 11) is -8.45. The van der Waals surface area contributed by atoms with Gasteiger partial charge in [0, 0.05) is 19.5 Å². The number of hydrogen-bond acceptors (Lipinski definition) is 8. The molecule has 39 heavy (non-hydrogen) atoms. The Labute approximate surface area is 220 Å². The van der Waals surface area contributed by atoms with Crippen LogP contribution in [0, 0.1) is 12.7 Å². The first-order chi connectivity index (χ1) is 18.1. The van der Waals surface area contributed by atoms with Gasteiger partial charge in [0.05, 0.1) is 17.0 Å². The Bertz CT molecular complexity index is 1630. The van der Waals surface area contributed by atoms with Gasteiger partial charge < -0.3 is 4.90 Å². The van der Waals surface area contributed by atoms with E-state index < -0.39 is 58.4 Å². The number of aryl methyl sites for hydroxylation is 2. The summed E-state index contributed by atoms with van der Waals surface area (Å²) in [6.45, 7) is 1.02. The second kappa shape index (κ2) is 10.3. The predicted molar refractivity (Wildman–Crippen MR) is 127 cm³/mol. The van der Waals surface area contributed by atoms with E-state index in [9.17, 15) is 39.2 Å². The summed E-state index contributed by atoms with van der Waals surface area (Å²) < 4.78 is 102. The van der Waals surface area contributed by atoms with E-state index >= 15 is 0 Å². The number of nitrogens with zero attached hydrogens (tertiary/aromatic N) is 5. The number of amides is 1. The van der Waals surface area contributed by atoms with E-state index in [1.807, 2.05) is 0 Å². The van der Waals surface area contributed by atoms with Crippen LogP contribution in [0.1, 0.15) is 28.9 Å². The van der Waals surface area contributed by atoms with Crippen molar-refractivity contribution < 1.29 is 39.2 Å². The second-order valence-corrected chi connectivity index (χ2v) is 12.7. The van der Waals surface area contributed by atoms with E-state index in [1.54, 1.807) is 6.92 Å². The average Bonchev–Trinajstić information content (AvgIpc) is 3.20. The van der Waals surface area contributed by atoms with Crippen LogP contribution in [0.4, 0.5) is 17.6 Å². The zero-order valence-corrected chi connectivity index (χ0v) is 21.9. The molecule has 4 rings (SSSR count). The van der Waals surface area contributed by atoms with E-state index in [1.165, 1.54) is 11.0 Å². The lowest BCUT2D eigenvalue weighted by molar-refractivity contribution is -0.137. The van der Waals surface area contributed by atoms with Crippen molar-refractivity contribution in [3.63, 3.8) is 0 Å². The SMILES string of the molecule is Cc1nnn(Cc2cc(C(F)(F)F)ccc2CCC(=O)N2CC(S(=O)(=O)c3ccc(S(N)(=O)=O)cc3F)C2)n1. The van der Waals surface area contributed by atoms with Crippen molar-refractivity contribution in [2.45, 2.75) is 47.5 Å². The molecule has 2 aromatic carbocycles. The molecule has 0 aliphatic carbocycles. The molecule has 0 unspecified atom stereocenters. The number of sulfonamides is 1. The number of primary sulfonamides is 1. The van der Waals surface area contributed by atoms with Crippen LogP contribution in [0.2, 0.25) is 0 Å². The van der Waals surface area contributed by atoms with Crippen LogP contribution in [0.5, 0.6) is 0 Å². The highest BCUT2D eigenvalue weighted by molar-refractivity contribution is 7.92. The molecule has 1 aromatic heterocycles. The lowest BCUT2D eigenvalue weighted by Gasteiger charge is -2.38. The van der Waals surface area contributed by atoms with Crippen molar-refractivity contribution >= 4 is 25.8 Å². The number of halogens is 4. The molecule has 0 radical (unpaired) electrons. The van der Waals surface area contributed by atoms with Crippen LogP contribution in [0.3, 0.4) is 0 Å². The topological polar surface area (TPSA) is 158 Å². The van der Waals surface area contributed by atoms with Gasteiger partial charge in [0.2, 0.25) is 15.9 Å². The lowest BCUT2D eigenvalue weighted by atomic mass is 9.99. The standard InChI is InChI=1S/C22H22F4N6O5S2/c1-13-28-30-32(29-13)10-15-8-16(22(24,25)26)4-2-14(15)3-7-21(33)31-11-18(12-31)38(34,35)20-6-5-17(9-19(20)23)39(27,36)37/h2,4-6,8-9,18H,3,7,10-12H2,1H3,(H2,27,36,37). The molecule has 1 aliphatic rings. The maximum absolute atomic E-state index is 14.4. The van der Waals surface area contributed by atoms with Crippen molar-refractivity contribution in [3.8, 4) is 0 Å². The molecule has 1 aliphatic heterocycles. The molecule has 1 amide bonds. The Morgan fingerprint density at radius 1 is 1.08 bits per heavy atom. The van der Waals surface area contributed by atoms with Crippen molar-refractivity contribution in [2.24, 2.45) is 5.14 Å². The maximum Gasteiger partial charge on any atom is 0.416 e. The monoisotopic (exact) mass is 590 g/mol. The first kappa shape index (κ1) is 28.6. The first-order valence-electron chi connectivity index (χ1n) is 11.3. The summed E-state index contributed by atoms with van der Waals surface area (Å²) in [5, 5.41) is 15.3. The third-order valence-corrected chi connectivity index (χ3v) is 9.22. The van der Waals surface area contributed by atoms with Gasteiger partial charge in [0.15, 0.2) is 15.7 Å². The summed E-state index contributed by atoms with van der Waals surface area (Å²) in [4.78, 5) is 13.8. The Morgan fingerprint density at radius 3 is 2.33 bits per heavy atom. The van der Waals surface area contributed by atoms with E-state index in [-0.39, 0.29) is 38.0 Å². The number of sulfone groups is 1. The summed E-state index contributed by atoms with van der Waals surface area (Å²) in [5.41, 5.74) is -0.171. The van der Waals surface area contributed by atoms with E-state index in [4.69, 9.17) is 5.14 Å². The maximum atomic E-state index is 14.4. The third kappa shape index (κ3) is 6.25. The minimum absolute atomic E-state index is 0.0670. The lowest BCUT2D eigenvalue weighted by Crippen LogP contribution is -2.57. The van der Waals surface area contributed by atoms with Gasteiger partial charge in [0.1, 0.15) is 16.0 Å². The molecule has 1 fully saturated rings. The van der Waals surface area contributed by atoms with Gasteiger partial charge in [-0.3, -0.25) is 4.79 Å². The largest absolute Gasteiger partial charge is 0.416 e. The summed E-state index contributed by atoms with van der Waals surface area (Å²) in [6.07, 6.45) is -4.63. The Balaban J connectivity index is 1.42. The van der Waals surface area contributed by atoms with Crippen LogP contribution >= 0.6 is 0 Å². The van der Waals surface area contributed by atoms with Gasteiger partial charge in [-0.25, -0.2) is 26.4 Å². The average molecular weight is 591 g/mol. The number of rotatable bonds is 8. The molecule has 0 atom stereocenters. The van der Waals surface area contributed by atoms with Crippen LogP contribution in [0.15, 0.2) is 46.2 Å². The van der Waals surface area contributed by atoms with E-state index in [0.717, 1.165) is 29.1 Å². The molecule has 1 saturated heterocycles. The van der Waals surface area contributed by atoms with Crippen LogP contribution in [0.25, 0.3) is 0 Å². The highest BCUT2D eigenvalue weighted by Gasteiger charge is 2.41. The minimum atomic E-state index is -4.58. The van der Waals surface area contributed by atoms with Gasteiger partial charge in [-0.15, -0.1) is 10.2 Å². The number of benzene rings is 2. The Morgan fingerprint density at radius 2 is 1.77 bits per heavy atom. The number of carbonyl (C=O) groups is 1. The highest BCUT2D eigenvalue weighted by Crippen LogP contribution is 2.32. The predicted octanol–water partition coefficient (Wildman–Crippen LogP) is 1.45. The number of carbonyl (C=O) groups excluding carboxylic acids is 1. The number of nitrogens with two attached hydrogens (primary N) is 1. The quantitative estimate of drug-likeness (QED) is 0.386. The molecule has 0 bridgehead atoms. The van der Waals surface area contributed by atoms with Crippen molar-refractivity contribution in [1.82, 2.24) is 25.1 Å². The highest BCUT2D eigenvalue weighted by atomic mass is 32.2. The van der Waals surface area contributed by atoms with Crippen molar-refractivity contribution in [3.05, 3.63) is 64.7 Å². The Kier molecular flexibility index (Phi) is 7.52. The van der Waals surface area contributed by atoms with Gasteiger partial charge in [-0.1, -0.05) is 6.07 Å². The van der Waals surface area contributed by atoms with Crippen LogP contribution in [-0.4, -0.2) is 66.2 Å². The van der Waals surface area contributed by atoms with Gasteiger partial charge >= 0.3 is 6.18 Å². The fourth-order valence-corrected chi connectivity index (χ4v) is 6.27. The smallest absolute Gasteiger partial charge is 0.340 e. The van der Waals surface area contributed by atoms with Gasteiger partial charge in [-0.05, 0) is 60.0 Å². The molecule has 2 N–H and O–H groups in total. The number of alkyl halides is 3. The molecular formula is C22H22F4N6O5S2. The fraction of sp³-hybridized carbons (Fsp3) is 0.364. The molecule has 3 aromatic rings. The van der Waals surface area contributed by atoms with E-state index in [0.29, 0.717) is 17.5 Å². The molecule has 0 spiro atoms. The number of tetrazole rings is 1. The summed E-state index contributed by atoms with van der Waals surface area (Å²) in [6, 6.07) is 5.34. The second-order valence-electron chi connectivity index (χ2n) is 8.95. The number of likely N-dealkylation sites (tertiary alicyclic amines) is 1. The molecule has 11 nitrogen and oxygen atoms in total. The zero-order chi connectivity index (χ0) is 28.8. The molecule has 0 saturated carbocycles. The normalized spacial score (nSPS) is 14.9. The Hall–Kier alpha value is -3.44. The van der Waals surface area contributed by atoms with Crippen LogP contribution < -0.4 is 5.14 Å². The van der Waals surface area contributed by atoms with Crippen molar-refractivity contribution in [2.75, 3.05) is 13.1 Å². The molecule has 2 heterocycles. The van der Waals surface area contributed by atoms with Crippen LogP contribution in [-0.2, 0) is 43.8 Å². The third-order valence-electron chi connectivity index (χ3n) is 6.18. The van der Waals surface area contributed by atoms with Gasteiger partial charge in [0.25, 0.3) is 0 Å². The number of aromatic nitrogens is 4. The summed E-state index contributed by atoms with van der Waals surface area (Å²) >= 11 is 0. The molecule has 17 heteroatoms.